The molecule has 0 unspecified atom stereocenters. The minimum atomic E-state index is -0.403. The van der Waals surface area contributed by atoms with Gasteiger partial charge in [0.1, 0.15) is 17.2 Å². The predicted molar refractivity (Wildman–Crippen MR) is 120 cm³/mol. The van der Waals surface area contributed by atoms with E-state index in [0.717, 1.165) is 17.2 Å². The summed E-state index contributed by atoms with van der Waals surface area (Å²) in [4.78, 5) is 26.8. The Morgan fingerprint density at radius 3 is 2.26 bits per heavy atom. The lowest BCUT2D eigenvalue weighted by Crippen LogP contribution is -2.28. The second-order valence-corrected chi connectivity index (χ2v) is 7.26. The Kier molecular flexibility index (Phi) is 6.17. The summed E-state index contributed by atoms with van der Waals surface area (Å²) in [6.07, 6.45) is 0.189. The van der Waals surface area contributed by atoms with Gasteiger partial charge in [-0.1, -0.05) is 18.2 Å². The van der Waals surface area contributed by atoms with Crippen LogP contribution in [0.15, 0.2) is 78.9 Å². The van der Waals surface area contributed by atoms with E-state index in [4.69, 9.17) is 9.47 Å². The average Bonchev–Trinajstić information content (AvgIpc) is 3.18. The van der Waals surface area contributed by atoms with Crippen LogP contribution in [0.4, 0.5) is 11.4 Å². The molecule has 1 atom stereocenters. The Labute approximate surface area is 181 Å². The maximum absolute atomic E-state index is 12.7. The van der Waals surface area contributed by atoms with Crippen LogP contribution < -0.4 is 19.7 Å². The number of ether oxygens (including phenoxy) is 2. The van der Waals surface area contributed by atoms with Crippen molar-refractivity contribution in [1.82, 2.24) is 0 Å². The van der Waals surface area contributed by atoms with Gasteiger partial charge in [-0.2, -0.15) is 0 Å². The molecule has 1 aliphatic heterocycles. The normalized spacial score (nSPS) is 15.6. The number of nitrogens with zero attached hydrogens (tertiary/aromatic N) is 1. The molecule has 0 aromatic heterocycles. The van der Waals surface area contributed by atoms with Crippen LogP contribution in [0.25, 0.3) is 0 Å². The van der Waals surface area contributed by atoms with E-state index in [9.17, 15) is 9.59 Å². The Morgan fingerprint density at radius 2 is 1.58 bits per heavy atom. The zero-order chi connectivity index (χ0) is 21.6. The van der Waals surface area contributed by atoms with Crippen molar-refractivity contribution in [2.75, 3.05) is 23.4 Å². The zero-order valence-corrected chi connectivity index (χ0v) is 17.3. The minimum Gasteiger partial charge on any atom is -0.494 e. The van der Waals surface area contributed by atoms with E-state index in [-0.39, 0.29) is 18.2 Å². The summed E-state index contributed by atoms with van der Waals surface area (Å²) in [5.74, 6) is 1.56. The topological polar surface area (TPSA) is 67.9 Å². The molecule has 0 saturated carbocycles. The number of benzene rings is 3. The Hall–Kier alpha value is -3.80. The number of para-hydroxylation sites is 1. The Morgan fingerprint density at radius 1 is 0.935 bits per heavy atom. The van der Waals surface area contributed by atoms with Crippen LogP contribution in [0.2, 0.25) is 0 Å². The van der Waals surface area contributed by atoms with Crippen molar-refractivity contribution in [2.24, 2.45) is 5.92 Å². The minimum absolute atomic E-state index is 0.0593. The Balaban J connectivity index is 1.35. The molecule has 1 saturated heterocycles. The van der Waals surface area contributed by atoms with Gasteiger partial charge in [-0.05, 0) is 67.6 Å². The van der Waals surface area contributed by atoms with Crippen LogP contribution in [0.5, 0.6) is 17.2 Å². The van der Waals surface area contributed by atoms with Crippen molar-refractivity contribution < 1.29 is 19.1 Å². The quantitative estimate of drug-likeness (QED) is 0.597. The molecule has 1 heterocycles. The molecule has 3 aromatic rings. The fourth-order valence-corrected chi connectivity index (χ4v) is 3.50. The molecule has 3 aromatic carbocycles. The molecule has 0 spiro atoms. The molecule has 1 N–H and O–H groups in total. The van der Waals surface area contributed by atoms with E-state index in [1.807, 2.05) is 61.5 Å². The molecule has 2 amide bonds. The van der Waals surface area contributed by atoms with E-state index >= 15 is 0 Å². The average molecular weight is 416 g/mol. The molecule has 0 bridgehead atoms. The van der Waals surface area contributed by atoms with Gasteiger partial charge in [-0.3, -0.25) is 9.59 Å². The predicted octanol–water partition coefficient (Wildman–Crippen LogP) is 4.87. The Bertz CT molecular complexity index is 1030. The standard InChI is InChI=1S/C25H24N2O4/c1-2-30-21-14-10-20(11-15-21)27-17-18(16-24(27)28)25(29)26-19-8-12-23(13-9-19)31-22-6-4-3-5-7-22/h3-15,18H,2,16-17H2,1H3,(H,26,29)/t18-/m1/s1. The second-order valence-electron chi connectivity index (χ2n) is 7.26. The molecule has 0 radical (unpaired) electrons. The molecular formula is C25H24N2O4. The molecule has 0 aliphatic carbocycles. The van der Waals surface area contributed by atoms with Crippen molar-refractivity contribution in [3.63, 3.8) is 0 Å². The van der Waals surface area contributed by atoms with Gasteiger partial charge in [0.05, 0.1) is 12.5 Å². The van der Waals surface area contributed by atoms with Crippen LogP contribution in [-0.4, -0.2) is 25.0 Å². The van der Waals surface area contributed by atoms with Crippen LogP contribution in [0, 0.1) is 5.92 Å². The molecule has 31 heavy (non-hydrogen) atoms. The lowest BCUT2D eigenvalue weighted by Gasteiger charge is -2.17. The molecular weight excluding hydrogens is 392 g/mol. The first-order chi connectivity index (χ1) is 15.1. The van der Waals surface area contributed by atoms with Gasteiger partial charge in [-0.25, -0.2) is 0 Å². The van der Waals surface area contributed by atoms with E-state index in [1.165, 1.54) is 0 Å². The first-order valence-corrected chi connectivity index (χ1v) is 10.3. The van der Waals surface area contributed by atoms with Gasteiger partial charge >= 0.3 is 0 Å². The lowest BCUT2D eigenvalue weighted by molar-refractivity contribution is -0.122. The first-order valence-electron chi connectivity index (χ1n) is 10.3. The van der Waals surface area contributed by atoms with Gasteiger partial charge in [-0.15, -0.1) is 0 Å². The third kappa shape index (κ3) is 5.04. The molecule has 6 heteroatoms. The highest BCUT2D eigenvalue weighted by atomic mass is 16.5. The van der Waals surface area contributed by atoms with Crippen molar-refractivity contribution in [3.05, 3.63) is 78.9 Å². The van der Waals surface area contributed by atoms with Crippen LogP contribution >= 0.6 is 0 Å². The summed E-state index contributed by atoms with van der Waals surface area (Å²) in [6, 6.07) is 24.0. The molecule has 1 aliphatic rings. The number of carbonyl (C=O) groups is 2. The maximum Gasteiger partial charge on any atom is 0.229 e. The van der Waals surface area contributed by atoms with Crippen molar-refractivity contribution in [3.8, 4) is 17.2 Å². The smallest absolute Gasteiger partial charge is 0.229 e. The zero-order valence-electron chi connectivity index (χ0n) is 17.3. The first kappa shape index (κ1) is 20.5. The number of rotatable bonds is 7. The molecule has 4 rings (SSSR count). The third-order valence-corrected chi connectivity index (χ3v) is 5.06. The van der Waals surface area contributed by atoms with E-state index in [2.05, 4.69) is 5.32 Å². The van der Waals surface area contributed by atoms with Gasteiger partial charge in [0.15, 0.2) is 0 Å². The van der Waals surface area contributed by atoms with E-state index < -0.39 is 5.92 Å². The fraction of sp³-hybridized carbons (Fsp3) is 0.200. The molecule has 6 nitrogen and oxygen atoms in total. The highest BCUT2D eigenvalue weighted by Crippen LogP contribution is 2.28. The lowest BCUT2D eigenvalue weighted by atomic mass is 10.1. The number of hydrogen-bond donors (Lipinski definition) is 1. The summed E-state index contributed by atoms with van der Waals surface area (Å²) in [5, 5.41) is 2.90. The van der Waals surface area contributed by atoms with E-state index in [1.54, 1.807) is 29.2 Å². The summed E-state index contributed by atoms with van der Waals surface area (Å²) in [6.45, 7) is 2.86. The maximum atomic E-state index is 12.7. The van der Waals surface area contributed by atoms with Gasteiger partial charge in [0.25, 0.3) is 0 Å². The number of amides is 2. The third-order valence-electron chi connectivity index (χ3n) is 5.06. The van der Waals surface area contributed by atoms with Crippen LogP contribution in [-0.2, 0) is 9.59 Å². The summed E-state index contributed by atoms with van der Waals surface area (Å²) in [5.41, 5.74) is 1.43. The number of hydrogen-bond acceptors (Lipinski definition) is 4. The summed E-state index contributed by atoms with van der Waals surface area (Å²) < 4.78 is 11.2. The molecule has 1 fully saturated rings. The largest absolute Gasteiger partial charge is 0.494 e. The number of anilines is 2. The van der Waals surface area contributed by atoms with Gasteiger partial charge in [0.2, 0.25) is 11.8 Å². The SMILES string of the molecule is CCOc1ccc(N2C[C@H](C(=O)Nc3ccc(Oc4ccccc4)cc3)CC2=O)cc1. The van der Waals surface area contributed by atoms with Crippen molar-refractivity contribution >= 4 is 23.2 Å². The van der Waals surface area contributed by atoms with Gasteiger partial charge < -0.3 is 19.7 Å². The van der Waals surface area contributed by atoms with E-state index in [0.29, 0.717) is 24.6 Å². The number of carbonyl (C=O) groups excluding carboxylic acids is 2. The summed E-state index contributed by atoms with van der Waals surface area (Å²) in [7, 11) is 0. The van der Waals surface area contributed by atoms with Gasteiger partial charge in [0, 0.05) is 24.3 Å². The highest BCUT2D eigenvalue weighted by Gasteiger charge is 2.35. The highest BCUT2D eigenvalue weighted by molar-refractivity contribution is 6.03. The second kappa shape index (κ2) is 9.34. The van der Waals surface area contributed by atoms with Crippen molar-refractivity contribution in [2.45, 2.75) is 13.3 Å². The van der Waals surface area contributed by atoms with Crippen LogP contribution in [0.1, 0.15) is 13.3 Å². The summed E-state index contributed by atoms with van der Waals surface area (Å²) >= 11 is 0. The monoisotopic (exact) mass is 416 g/mol. The fourth-order valence-electron chi connectivity index (χ4n) is 3.50. The van der Waals surface area contributed by atoms with Crippen molar-refractivity contribution in [1.29, 1.82) is 0 Å². The number of nitrogens with one attached hydrogen (secondary N) is 1. The molecule has 158 valence electrons. The van der Waals surface area contributed by atoms with Crippen LogP contribution in [0.3, 0.4) is 0 Å².